The van der Waals surface area contributed by atoms with Crippen LogP contribution in [0.25, 0.3) is 0 Å². The third kappa shape index (κ3) is 4.53. The van der Waals surface area contributed by atoms with Gasteiger partial charge < -0.3 is 10.4 Å². The van der Waals surface area contributed by atoms with Crippen LogP contribution in [0.4, 0.5) is 11.4 Å². The number of nitrogens with one attached hydrogen (secondary N) is 1. The molecule has 27 heavy (non-hydrogen) atoms. The first-order chi connectivity index (χ1) is 12.9. The van der Waals surface area contributed by atoms with Crippen LogP contribution in [0, 0.1) is 0 Å². The Balaban J connectivity index is 1.77. The number of rotatable bonds is 4. The van der Waals surface area contributed by atoms with Gasteiger partial charge in [0.05, 0.1) is 11.3 Å². The van der Waals surface area contributed by atoms with Crippen LogP contribution in [0.15, 0.2) is 59.6 Å². The molecule has 1 fully saturated rings. The van der Waals surface area contributed by atoms with E-state index in [4.69, 9.17) is 5.11 Å². The number of amides is 2. The quantitative estimate of drug-likeness (QED) is 0.846. The summed E-state index contributed by atoms with van der Waals surface area (Å²) in [7, 11) is 1.60. The number of hydrogen-bond acceptors (Lipinski definition) is 5. The minimum absolute atomic E-state index is 0.0802. The maximum atomic E-state index is 12.5. The normalized spacial score (nSPS) is 18.4. The Hall–Kier alpha value is -3.13. The fourth-order valence-corrected chi connectivity index (χ4v) is 3.50. The summed E-state index contributed by atoms with van der Waals surface area (Å²) in [4.78, 5) is 41.5. The zero-order chi connectivity index (χ0) is 19.4. The van der Waals surface area contributed by atoms with Gasteiger partial charge in [-0.1, -0.05) is 30.0 Å². The van der Waals surface area contributed by atoms with E-state index in [0.29, 0.717) is 16.5 Å². The fraction of sp³-hybridized carbons (Fsp3) is 0.158. The summed E-state index contributed by atoms with van der Waals surface area (Å²) >= 11 is 1.20. The monoisotopic (exact) mass is 383 g/mol. The maximum absolute atomic E-state index is 12.5. The van der Waals surface area contributed by atoms with Gasteiger partial charge in [-0.05, 0) is 36.4 Å². The van der Waals surface area contributed by atoms with Gasteiger partial charge in [0, 0.05) is 19.2 Å². The molecule has 2 N–H and O–H groups in total. The second-order valence-corrected chi connectivity index (χ2v) is 7.03. The van der Waals surface area contributed by atoms with E-state index in [0.717, 1.165) is 0 Å². The lowest BCUT2D eigenvalue weighted by Gasteiger charge is -2.28. The van der Waals surface area contributed by atoms with Gasteiger partial charge in [-0.3, -0.25) is 14.5 Å². The summed E-state index contributed by atoms with van der Waals surface area (Å²) < 4.78 is 0. The number of anilines is 1. The summed E-state index contributed by atoms with van der Waals surface area (Å²) in [5.74, 6) is -1.49. The molecule has 1 saturated heterocycles. The van der Waals surface area contributed by atoms with Gasteiger partial charge in [0.1, 0.15) is 5.25 Å². The second kappa shape index (κ2) is 8.05. The molecule has 2 amide bonds. The molecule has 0 spiro atoms. The first-order valence-electron chi connectivity index (χ1n) is 8.15. The molecule has 1 unspecified atom stereocenters. The van der Waals surface area contributed by atoms with Gasteiger partial charge in [0.15, 0.2) is 5.17 Å². The minimum Gasteiger partial charge on any atom is -0.478 e. The summed E-state index contributed by atoms with van der Waals surface area (Å²) in [6.07, 6.45) is 0.0802. The highest BCUT2D eigenvalue weighted by atomic mass is 32.2. The number of carbonyl (C=O) groups is 3. The Bertz CT molecular complexity index is 897. The van der Waals surface area contributed by atoms with Crippen LogP contribution in [0.1, 0.15) is 16.8 Å². The summed E-state index contributed by atoms with van der Waals surface area (Å²) in [6.45, 7) is 0. The number of nitrogens with zero attached hydrogens (tertiary/aromatic N) is 2. The predicted molar refractivity (Wildman–Crippen MR) is 104 cm³/mol. The Morgan fingerprint density at radius 2 is 1.81 bits per heavy atom. The van der Waals surface area contributed by atoms with E-state index < -0.39 is 11.2 Å². The average molecular weight is 383 g/mol. The molecule has 0 radical (unpaired) electrons. The lowest BCUT2D eigenvalue weighted by Crippen LogP contribution is -2.43. The smallest absolute Gasteiger partial charge is 0.335 e. The number of para-hydroxylation sites is 1. The third-order valence-corrected chi connectivity index (χ3v) is 5.18. The number of hydrogen-bond donors (Lipinski definition) is 2. The standard InChI is InChI=1S/C19H17N3O4S/c1-22-16(23)11-15(17(24)20-13-5-3-2-4-6-13)27-19(22)21-14-9-7-12(8-10-14)18(25)26/h2-10,15H,11H2,1H3,(H,20,24)(H,25,26). The lowest BCUT2D eigenvalue weighted by atomic mass is 10.2. The van der Waals surface area contributed by atoms with Crippen LogP contribution >= 0.6 is 11.8 Å². The Kier molecular flexibility index (Phi) is 5.56. The van der Waals surface area contributed by atoms with E-state index in [1.165, 1.54) is 28.8 Å². The molecule has 0 aromatic heterocycles. The molecule has 2 aromatic carbocycles. The van der Waals surface area contributed by atoms with E-state index in [-0.39, 0.29) is 23.8 Å². The van der Waals surface area contributed by atoms with Crippen molar-refractivity contribution in [1.29, 1.82) is 0 Å². The number of aliphatic imine (C=N–C) groups is 1. The third-order valence-electron chi connectivity index (χ3n) is 3.94. The highest BCUT2D eigenvalue weighted by molar-refractivity contribution is 8.15. The SMILES string of the molecule is CN1C(=O)CC(C(=O)Nc2ccccc2)SC1=Nc1ccc(C(=O)O)cc1. The zero-order valence-corrected chi connectivity index (χ0v) is 15.3. The van der Waals surface area contributed by atoms with Gasteiger partial charge >= 0.3 is 5.97 Å². The topological polar surface area (TPSA) is 99.1 Å². The first kappa shape index (κ1) is 18.7. The molecule has 1 aliphatic heterocycles. The van der Waals surface area contributed by atoms with Gasteiger partial charge in [0.25, 0.3) is 0 Å². The molecule has 0 aliphatic carbocycles. The van der Waals surface area contributed by atoms with E-state index in [2.05, 4.69) is 10.3 Å². The van der Waals surface area contributed by atoms with Crippen molar-refractivity contribution >= 4 is 46.1 Å². The highest BCUT2D eigenvalue weighted by Crippen LogP contribution is 2.29. The number of carboxylic acid groups (broad SMARTS) is 1. The zero-order valence-electron chi connectivity index (χ0n) is 14.5. The molecule has 2 aromatic rings. The number of carboxylic acids is 1. The number of aromatic carboxylic acids is 1. The van der Waals surface area contributed by atoms with E-state index in [1.807, 2.05) is 18.2 Å². The second-order valence-electron chi connectivity index (χ2n) is 5.87. The number of thioether (sulfide) groups is 1. The molecular formula is C19H17N3O4S. The van der Waals surface area contributed by atoms with E-state index in [9.17, 15) is 14.4 Å². The molecule has 0 bridgehead atoms. The van der Waals surface area contributed by atoms with Crippen molar-refractivity contribution in [2.45, 2.75) is 11.7 Å². The van der Waals surface area contributed by atoms with E-state index in [1.54, 1.807) is 31.3 Å². The molecule has 1 heterocycles. The van der Waals surface area contributed by atoms with Crippen molar-refractivity contribution in [3.8, 4) is 0 Å². The van der Waals surface area contributed by atoms with Gasteiger partial charge in [-0.25, -0.2) is 9.79 Å². The molecule has 8 heteroatoms. The molecule has 3 rings (SSSR count). The maximum Gasteiger partial charge on any atom is 0.335 e. The average Bonchev–Trinajstić information content (AvgIpc) is 2.66. The van der Waals surface area contributed by atoms with Crippen molar-refractivity contribution in [3.63, 3.8) is 0 Å². The summed E-state index contributed by atoms with van der Waals surface area (Å²) in [5, 5.41) is 11.6. The lowest BCUT2D eigenvalue weighted by molar-refractivity contribution is -0.128. The predicted octanol–water partition coefficient (Wildman–Crippen LogP) is 2.97. The van der Waals surface area contributed by atoms with Crippen molar-refractivity contribution in [3.05, 3.63) is 60.2 Å². The minimum atomic E-state index is -1.02. The highest BCUT2D eigenvalue weighted by Gasteiger charge is 2.34. The van der Waals surface area contributed by atoms with Crippen LogP contribution in [0.2, 0.25) is 0 Å². The van der Waals surface area contributed by atoms with Crippen LogP contribution in [0.5, 0.6) is 0 Å². The van der Waals surface area contributed by atoms with Crippen molar-refractivity contribution < 1.29 is 19.5 Å². The van der Waals surface area contributed by atoms with Crippen molar-refractivity contribution in [2.24, 2.45) is 4.99 Å². The molecule has 1 aliphatic rings. The van der Waals surface area contributed by atoms with Crippen LogP contribution < -0.4 is 5.32 Å². The summed E-state index contributed by atoms with van der Waals surface area (Å²) in [6, 6.07) is 15.0. The Morgan fingerprint density at radius 1 is 1.15 bits per heavy atom. The molecule has 7 nitrogen and oxygen atoms in total. The Labute approximate surface area is 160 Å². The molecular weight excluding hydrogens is 366 g/mol. The van der Waals surface area contributed by atoms with Crippen molar-refractivity contribution in [1.82, 2.24) is 4.90 Å². The molecule has 0 saturated carbocycles. The van der Waals surface area contributed by atoms with Gasteiger partial charge in [-0.2, -0.15) is 0 Å². The first-order valence-corrected chi connectivity index (χ1v) is 9.03. The fourth-order valence-electron chi connectivity index (χ4n) is 2.43. The van der Waals surface area contributed by atoms with Crippen LogP contribution in [-0.2, 0) is 9.59 Å². The van der Waals surface area contributed by atoms with Gasteiger partial charge in [0.2, 0.25) is 11.8 Å². The molecule has 138 valence electrons. The Morgan fingerprint density at radius 3 is 2.44 bits per heavy atom. The van der Waals surface area contributed by atoms with Crippen molar-refractivity contribution in [2.75, 3.05) is 12.4 Å². The van der Waals surface area contributed by atoms with Crippen LogP contribution in [-0.4, -0.2) is 45.3 Å². The van der Waals surface area contributed by atoms with Crippen LogP contribution in [0.3, 0.4) is 0 Å². The number of carbonyl (C=O) groups excluding carboxylic acids is 2. The largest absolute Gasteiger partial charge is 0.478 e. The summed E-state index contributed by atoms with van der Waals surface area (Å²) in [5.41, 5.74) is 1.32. The number of benzene rings is 2. The molecule has 1 atom stereocenters. The van der Waals surface area contributed by atoms with E-state index >= 15 is 0 Å². The number of amidine groups is 1. The van der Waals surface area contributed by atoms with Gasteiger partial charge in [-0.15, -0.1) is 0 Å².